The summed E-state index contributed by atoms with van der Waals surface area (Å²) in [5.41, 5.74) is 0.161. The number of rotatable bonds is 7. The smallest absolute Gasteiger partial charge is 0.251 e. The molecule has 18 heavy (non-hydrogen) atoms. The number of nitrogens with zero attached hydrogens (tertiary/aromatic N) is 1. The maximum Gasteiger partial charge on any atom is 0.251 e. The Morgan fingerprint density at radius 2 is 2.33 bits per heavy atom. The lowest BCUT2D eigenvalue weighted by atomic mass is 10.2. The van der Waals surface area contributed by atoms with Gasteiger partial charge in [-0.3, -0.25) is 9.59 Å². The van der Waals surface area contributed by atoms with Crippen molar-refractivity contribution in [3.63, 3.8) is 0 Å². The molecule has 0 bridgehead atoms. The molecule has 0 fully saturated rings. The second kappa shape index (κ2) is 7.45. The molecule has 0 aliphatic heterocycles. The van der Waals surface area contributed by atoms with Crippen molar-refractivity contribution in [3.8, 4) is 0 Å². The molecule has 1 N–H and O–H groups in total. The molecule has 0 unspecified atom stereocenters. The minimum atomic E-state index is -0.264. The van der Waals surface area contributed by atoms with E-state index in [0.29, 0.717) is 25.3 Å². The zero-order chi connectivity index (χ0) is 13.4. The fourth-order valence-electron chi connectivity index (χ4n) is 1.30. The zero-order valence-corrected chi connectivity index (χ0v) is 10.5. The van der Waals surface area contributed by atoms with Crippen molar-refractivity contribution in [2.45, 2.75) is 6.42 Å². The fourth-order valence-corrected chi connectivity index (χ4v) is 1.30. The van der Waals surface area contributed by atoms with Gasteiger partial charge in [0.1, 0.15) is 0 Å². The predicted molar refractivity (Wildman–Crippen MR) is 69.6 cm³/mol. The molecular weight excluding hydrogens is 232 g/mol. The van der Waals surface area contributed by atoms with Crippen LogP contribution in [0.1, 0.15) is 16.8 Å². The largest absolute Gasteiger partial charge is 0.379 e. The highest BCUT2D eigenvalue weighted by atomic mass is 16.5. The van der Waals surface area contributed by atoms with E-state index < -0.39 is 0 Å². The molecule has 1 heterocycles. The number of nitrogens with one attached hydrogen (secondary N) is 1. The van der Waals surface area contributed by atoms with E-state index in [2.05, 4.69) is 11.9 Å². The maximum absolute atomic E-state index is 11.7. The predicted octanol–water partition coefficient (Wildman–Crippen LogP) is 0.708. The monoisotopic (exact) mass is 250 g/mol. The number of carbonyl (C=O) groups excluding carboxylic acids is 1. The Hall–Kier alpha value is -1.88. The van der Waals surface area contributed by atoms with E-state index in [-0.39, 0.29) is 11.5 Å². The van der Waals surface area contributed by atoms with Gasteiger partial charge in [0.05, 0.1) is 13.2 Å². The van der Waals surface area contributed by atoms with Gasteiger partial charge < -0.3 is 14.6 Å². The van der Waals surface area contributed by atoms with Gasteiger partial charge in [0.2, 0.25) is 0 Å². The van der Waals surface area contributed by atoms with Crippen molar-refractivity contribution < 1.29 is 9.53 Å². The molecule has 1 aromatic heterocycles. The lowest BCUT2D eigenvalue weighted by Crippen LogP contribution is -2.29. The number of aromatic nitrogens is 1. The number of ether oxygens (including phenoxy) is 1. The van der Waals surface area contributed by atoms with Crippen molar-refractivity contribution in [2.24, 2.45) is 7.05 Å². The Morgan fingerprint density at radius 1 is 1.56 bits per heavy atom. The molecule has 0 saturated carbocycles. The fraction of sp³-hybridized carbons (Fsp3) is 0.385. The number of pyridine rings is 1. The van der Waals surface area contributed by atoms with Crippen LogP contribution in [-0.4, -0.2) is 30.2 Å². The summed E-state index contributed by atoms with van der Waals surface area (Å²) in [7, 11) is 1.64. The SMILES string of the molecule is C=CCCOCCNC(=O)c1ccn(C)c(=O)c1. The summed E-state index contributed by atoms with van der Waals surface area (Å²) >= 11 is 0. The van der Waals surface area contributed by atoms with E-state index in [1.165, 1.54) is 10.6 Å². The molecule has 5 heteroatoms. The van der Waals surface area contributed by atoms with Gasteiger partial charge in [-0.05, 0) is 12.5 Å². The van der Waals surface area contributed by atoms with Crippen LogP contribution in [0.4, 0.5) is 0 Å². The van der Waals surface area contributed by atoms with E-state index in [1.54, 1.807) is 25.4 Å². The highest BCUT2D eigenvalue weighted by Gasteiger charge is 2.05. The third kappa shape index (κ3) is 4.55. The average molecular weight is 250 g/mol. The summed E-state index contributed by atoms with van der Waals surface area (Å²) in [6.07, 6.45) is 4.14. The normalized spacial score (nSPS) is 10.1. The van der Waals surface area contributed by atoms with Gasteiger partial charge in [0, 0.05) is 31.4 Å². The minimum Gasteiger partial charge on any atom is -0.379 e. The molecular formula is C13H18N2O3. The summed E-state index contributed by atoms with van der Waals surface area (Å²) in [6.45, 7) is 5.05. The first kappa shape index (κ1) is 14.2. The number of hydrogen-bond acceptors (Lipinski definition) is 3. The summed E-state index contributed by atoms with van der Waals surface area (Å²) in [6, 6.07) is 2.92. The Morgan fingerprint density at radius 3 is 3.00 bits per heavy atom. The molecule has 1 amide bonds. The molecule has 0 aliphatic carbocycles. The molecule has 98 valence electrons. The van der Waals surface area contributed by atoms with Crippen LogP contribution in [-0.2, 0) is 11.8 Å². The molecule has 0 saturated heterocycles. The molecule has 0 atom stereocenters. The van der Waals surface area contributed by atoms with Crippen molar-refractivity contribution in [1.29, 1.82) is 0 Å². The average Bonchev–Trinajstić information content (AvgIpc) is 2.36. The van der Waals surface area contributed by atoms with Crippen LogP contribution in [0.2, 0.25) is 0 Å². The Labute approximate surface area is 106 Å². The zero-order valence-electron chi connectivity index (χ0n) is 10.5. The topological polar surface area (TPSA) is 60.3 Å². The Balaban J connectivity index is 2.34. The van der Waals surface area contributed by atoms with Crippen LogP contribution in [0, 0.1) is 0 Å². The van der Waals surface area contributed by atoms with Gasteiger partial charge in [-0.2, -0.15) is 0 Å². The number of hydrogen-bond donors (Lipinski definition) is 1. The second-order valence-electron chi connectivity index (χ2n) is 3.81. The van der Waals surface area contributed by atoms with Gasteiger partial charge in [-0.25, -0.2) is 0 Å². The number of aryl methyl sites for hydroxylation is 1. The molecule has 0 aliphatic rings. The van der Waals surface area contributed by atoms with E-state index in [0.717, 1.165) is 6.42 Å². The van der Waals surface area contributed by atoms with Crippen molar-refractivity contribution in [3.05, 3.63) is 46.9 Å². The van der Waals surface area contributed by atoms with Gasteiger partial charge in [-0.15, -0.1) is 6.58 Å². The molecule has 1 rings (SSSR count). The highest BCUT2D eigenvalue weighted by molar-refractivity contribution is 5.93. The summed E-state index contributed by atoms with van der Waals surface area (Å²) in [5.74, 6) is -0.264. The maximum atomic E-state index is 11.7. The van der Waals surface area contributed by atoms with Crippen molar-refractivity contribution in [2.75, 3.05) is 19.8 Å². The van der Waals surface area contributed by atoms with Gasteiger partial charge >= 0.3 is 0 Å². The van der Waals surface area contributed by atoms with E-state index in [1.807, 2.05) is 0 Å². The molecule has 5 nitrogen and oxygen atoms in total. The molecule has 1 aromatic rings. The van der Waals surface area contributed by atoms with Crippen LogP contribution in [0.15, 0.2) is 35.8 Å². The Kier molecular flexibility index (Phi) is 5.87. The highest BCUT2D eigenvalue weighted by Crippen LogP contribution is 1.93. The first-order valence-electron chi connectivity index (χ1n) is 5.78. The van der Waals surface area contributed by atoms with Crippen molar-refractivity contribution in [1.82, 2.24) is 9.88 Å². The summed E-state index contributed by atoms with van der Waals surface area (Å²) < 4.78 is 6.66. The van der Waals surface area contributed by atoms with Gasteiger partial charge in [0.25, 0.3) is 11.5 Å². The first-order valence-corrected chi connectivity index (χ1v) is 5.78. The summed E-state index contributed by atoms with van der Waals surface area (Å²) in [4.78, 5) is 23.0. The van der Waals surface area contributed by atoms with E-state index >= 15 is 0 Å². The van der Waals surface area contributed by atoms with Crippen LogP contribution < -0.4 is 10.9 Å². The van der Waals surface area contributed by atoms with Crippen LogP contribution >= 0.6 is 0 Å². The van der Waals surface area contributed by atoms with Crippen LogP contribution in [0.25, 0.3) is 0 Å². The third-order valence-electron chi connectivity index (χ3n) is 2.36. The van der Waals surface area contributed by atoms with Gasteiger partial charge in [0.15, 0.2) is 0 Å². The van der Waals surface area contributed by atoms with Crippen LogP contribution in [0.5, 0.6) is 0 Å². The quantitative estimate of drug-likeness (QED) is 0.572. The third-order valence-corrected chi connectivity index (χ3v) is 2.36. The molecule has 0 radical (unpaired) electrons. The van der Waals surface area contributed by atoms with Crippen LogP contribution in [0.3, 0.4) is 0 Å². The lowest BCUT2D eigenvalue weighted by Gasteiger charge is -2.06. The summed E-state index contributed by atoms with van der Waals surface area (Å²) in [5, 5.41) is 2.68. The van der Waals surface area contributed by atoms with E-state index in [9.17, 15) is 9.59 Å². The second-order valence-corrected chi connectivity index (χ2v) is 3.81. The Bertz CT molecular complexity index is 466. The van der Waals surface area contributed by atoms with Crippen molar-refractivity contribution >= 4 is 5.91 Å². The number of carbonyl (C=O) groups is 1. The molecule has 0 aromatic carbocycles. The standard InChI is InChI=1S/C13H18N2O3/c1-3-4-8-18-9-6-14-13(17)11-5-7-15(2)12(16)10-11/h3,5,7,10H,1,4,6,8-9H2,2H3,(H,14,17). The van der Waals surface area contributed by atoms with Gasteiger partial charge in [-0.1, -0.05) is 6.08 Å². The molecule has 0 spiro atoms. The minimum absolute atomic E-state index is 0.204. The first-order chi connectivity index (χ1) is 8.65. The van der Waals surface area contributed by atoms with E-state index in [4.69, 9.17) is 4.74 Å². The number of amides is 1. The lowest BCUT2D eigenvalue weighted by molar-refractivity contribution is 0.0917.